The second kappa shape index (κ2) is 8.71. The summed E-state index contributed by atoms with van der Waals surface area (Å²) in [6, 6.07) is 4.01. The van der Waals surface area contributed by atoms with Crippen molar-refractivity contribution in [1.29, 1.82) is 0 Å². The average molecular weight is 522 g/mol. The van der Waals surface area contributed by atoms with E-state index in [1.807, 2.05) is 0 Å². The van der Waals surface area contributed by atoms with Crippen molar-refractivity contribution in [3.8, 4) is 0 Å². The highest BCUT2D eigenvalue weighted by atomic mass is 19.4. The molecule has 3 saturated heterocycles. The van der Waals surface area contributed by atoms with Crippen molar-refractivity contribution in [3.05, 3.63) is 24.3 Å². The predicted molar refractivity (Wildman–Crippen MR) is 123 cm³/mol. The van der Waals surface area contributed by atoms with Crippen molar-refractivity contribution in [2.75, 3.05) is 17.3 Å². The number of urea groups is 1. The molecule has 4 unspecified atom stereocenters. The first kappa shape index (κ1) is 25.0. The minimum atomic E-state index is -4.97. The lowest BCUT2D eigenvalue weighted by atomic mass is 9.94. The summed E-state index contributed by atoms with van der Waals surface area (Å²) in [6.45, 7) is 1.31. The fourth-order valence-electron chi connectivity index (χ4n) is 5.96. The fraction of sp³-hybridized carbons (Fsp3) is 0.522. The molecule has 4 heterocycles. The third kappa shape index (κ3) is 3.90. The average Bonchev–Trinajstić information content (AvgIpc) is 3.34. The van der Waals surface area contributed by atoms with Crippen LogP contribution in [0.2, 0.25) is 0 Å². The number of carbonyl (C=O) groups is 4. The number of fused-ring (bicyclic) bond motifs is 3. The predicted octanol–water partition coefficient (Wildman–Crippen LogP) is 1.80. The van der Waals surface area contributed by atoms with Gasteiger partial charge in [-0.1, -0.05) is 12.1 Å². The van der Waals surface area contributed by atoms with Gasteiger partial charge in [-0.15, -0.1) is 0 Å². The lowest BCUT2D eigenvalue weighted by molar-refractivity contribution is -0.190. The number of para-hydroxylation sites is 2. The minimum absolute atomic E-state index is 0.192. The third-order valence-corrected chi connectivity index (χ3v) is 7.42. The highest BCUT2D eigenvalue weighted by Crippen LogP contribution is 2.45. The number of amides is 5. The first-order valence-electron chi connectivity index (χ1n) is 11.8. The van der Waals surface area contributed by atoms with Gasteiger partial charge in [-0.05, 0) is 37.8 Å². The van der Waals surface area contributed by atoms with Gasteiger partial charge in [0.1, 0.15) is 0 Å². The van der Waals surface area contributed by atoms with Gasteiger partial charge in [-0.25, -0.2) is 9.79 Å². The van der Waals surface area contributed by atoms with E-state index in [-0.39, 0.29) is 24.4 Å². The zero-order valence-corrected chi connectivity index (χ0v) is 20.0. The van der Waals surface area contributed by atoms with E-state index >= 15 is 0 Å². The van der Waals surface area contributed by atoms with Gasteiger partial charge in [0.2, 0.25) is 5.91 Å². The summed E-state index contributed by atoms with van der Waals surface area (Å²) < 4.78 is 45.2. The van der Waals surface area contributed by atoms with E-state index in [4.69, 9.17) is 4.74 Å². The highest BCUT2D eigenvalue weighted by Gasteiger charge is 2.63. The van der Waals surface area contributed by atoms with Crippen molar-refractivity contribution in [3.63, 3.8) is 0 Å². The Balaban J connectivity index is 1.52. The Morgan fingerprint density at radius 2 is 1.78 bits per heavy atom. The Morgan fingerprint density at radius 1 is 1.14 bits per heavy atom. The quantitative estimate of drug-likeness (QED) is 0.622. The second-order valence-corrected chi connectivity index (χ2v) is 9.51. The van der Waals surface area contributed by atoms with Crippen LogP contribution in [-0.4, -0.2) is 83.2 Å². The Labute approximate surface area is 209 Å². The first-order valence-corrected chi connectivity index (χ1v) is 11.8. The smallest absolute Gasteiger partial charge is 0.346 e. The van der Waals surface area contributed by atoms with E-state index in [9.17, 15) is 32.3 Å². The maximum absolute atomic E-state index is 13.2. The van der Waals surface area contributed by atoms with Crippen LogP contribution in [0.5, 0.6) is 0 Å². The van der Waals surface area contributed by atoms with Gasteiger partial charge < -0.3 is 19.9 Å². The van der Waals surface area contributed by atoms with E-state index in [1.54, 1.807) is 29.2 Å². The first-order chi connectivity index (χ1) is 17.5. The van der Waals surface area contributed by atoms with Gasteiger partial charge in [-0.2, -0.15) is 13.2 Å². The van der Waals surface area contributed by atoms with Crippen molar-refractivity contribution in [2.24, 2.45) is 4.99 Å². The second-order valence-electron chi connectivity index (χ2n) is 9.51. The molecule has 1 aromatic rings. The molecule has 0 aromatic heterocycles. The molecule has 2 N–H and O–H groups in total. The molecule has 4 aliphatic heterocycles. The molecule has 11 nitrogen and oxygen atoms in total. The highest BCUT2D eigenvalue weighted by molar-refractivity contribution is 6.12. The molecule has 14 heteroatoms. The number of halogens is 3. The molecule has 0 aliphatic carbocycles. The molecule has 3 fully saturated rings. The summed E-state index contributed by atoms with van der Waals surface area (Å²) in [5.74, 6) is -3.01. The number of anilines is 2. The number of nitrogens with one attached hydrogen (secondary N) is 2. The number of methoxy groups -OCH3 is 1. The van der Waals surface area contributed by atoms with Crippen molar-refractivity contribution in [2.45, 2.75) is 68.8 Å². The Kier molecular flexibility index (Phi) is 5.89. The van der Waals surface area contributed by atoms with Crippen LogP contribution in [0.25, 0.3) is 0 Å². The molecule has 37 heavy (non-hydrogen) atoms. The maximum atomic E-state index is 13.2. The molecule has 5 amide bonds. The van der Waals surface area contributed by atoms with Gasteiger partial charge in [0.15, 0.2) is 6.17 Å². The molecule has 2 bridgehead atoms. The molecule has 0 radical (unpaired) electrons. The number of rotatable bonds is 4. The molecular formula is C23H25F3N6O5. The van der Waals surface area contributed by atoms with Crippen LogP contribution in [0, 0.1) is 0 Å². The number of alkyl halides is 3. The number of hydrogen-bond acceptors (Lipinski definition) is 7. The van der Waals surface area contributed by atoms with E-state index in [2.05, 4.69) is 15.6 Å². The SMILES string of the molecule is COC12N=CN(C3CC4CCC(C3)N4C(=O)C(F)(F)F)C1N(c1ccccc1NC(C)=O)C(=O)NC2=O. The van der Waals surface area contributed by atoms with Gasteiger partial charge >= 0.3 is 18.1 Å². The van der Waals surface area contributed by atoms with Crippen LogP contribution in [0.1, 0.15) is 32.6 Å². The van der Waals surface area contributed by atoms with Crippen LogP contribution < -0.4 is 15.5 Å². The van der Waals surface area contributed by atoms with Crippen LogP contribution in [0.3, 0.4) is 0 Å². The van der Waals surface area contributed by atoms with Gasteiger partial charge in [-0.3, -0.25) is 24.6 Å². The molecule has 5 rings (SSSR count). The topological polar surface area (TPSA) is 124 Å². The lowest BCUT2D eigenvalue weighted by Gasteiger charge is -2.49. The van der Waals surface area contributed by atoms with E-state index in [0.717, 1.165) is 4.90 Å². The molecule has 4 aliphatic rings. The molecule has 0 saturated carbocycles. The normalized spacial score (nSPS) is 30.9. The van der Waals surface area contributed by atoms with Crippen molar-refractivity contribution >= 4 is 41.5 Å². The summed E-state index contributed by atoms with van der Waals surface area (Å²) in [4.78, 5) is 58.3. The zero-order valence-electron chi connectivity index (χ0n) is 20.0. The number of benzene rings is 1. The summed E-state index contributed by atoms with van der Waals surface area (Å²) in [7, 11) is 1.27. The Morgan fingerprint density at radius 3 is 2.38 bits per heavy atom. The summed E-state index contributed by atoms with van der Waals surface area (Å²) in [5.41, 5.74) is -1.27. The number of piperidine rings is 1. The monoisotopic (exact) mass is 522 g/mol. The van der Waals surface area contributed by atoms with Gasteiger partial charge in [0, 0.05) is 32.2 Å². The lowest BCUT2D eigenvalue weighted by Crippen LogP contribution is -2.73. The fourth-order valence-corrected chi connectivity index (χ4v) is 5.96. The molecular weight excluding hydrogens is 497 g/mol. The van der Waals surface area contributed by atoms with Gasteiger partial charge in [0.05, 0.1) is 17.7 Å². The number of ether oxygens (including phenoxy) is 1. The van der Waals surface area contributed by atoms with E-state index in [1.165, 1.54) is 25.3 Å². The minimum Gasteiger partial charge on any atom is -0.346 e. The third-order valence-electron chi connectivity index (χ3n) is 7.42. The Bertz CT molecular complexity index is 1180. The largest absolute Gasteiger partial charge is 0.471 e. The maximum Gasteiger partial charge on any atom is 0.471 e. The summed E-state index contributed by atoms with van der Waals surface area (Å²) in [6.07, 6.45) is -3.49. The van der Waals surface area contributed by atoms with E-state index in [0.29, 0.717) is 18.5 Å². The molecule has 4 atom stereocenters. The van der Waals surface area contributed by atoms with Crippen LogP contribution in [0.4, 0.5) is 29.3 Å². The summed E-state index contributed by atoms with van der Waals surface area (Å²) >= 11 is 0. The Hall–Kier alpha value is -3.68. The standard InChI is InChI=1S/C23H25F3N6O5/c1-12(33)28-16-5-3-4-6-17(16)32-19-22(37-2,18(34)29-21(32)36)27-11-30(19)15-9-13-7-8-14(10-15)31(13)20(35)23(24,25)26/h3-6,11,13-15,19H,7-10H2,1-2H3,(H,28,33)(H,29,34,36). The summed E-state index contributed by atoms with van der Waals surface area (Å²) in [5, 5.41) is 4.92. The number of imide groups is 1. The van der Waals surface area contributed by atoms with Crippen LogP contribution >= 0.6 is 0 Å². The molecule has 198 valence electrons. The number of hydrogen-bond donors (Lipinski definition) is 2. The zero-order chi connectivity index (χ0) is 26.7. The molecule has 0 spiro atoms. The number of nitrogens with zero attached hydrogens (tertiary/aromatic N) is 4. The van der Waals surface area contributed by atoms with Crippen molar-refractivity contribution in [1.82, 2.24) is 15.1 Å². The number of aliphatic imine (C=N–C) groups is 1. The van der Waals surface area contributed by atoms with Gasteiger partial charge in [0.25, 0.3) is 11.6 Å². The van der Waals surface area contributed by atoms with Crippen LogP contribution in [-0.2, 0) is 19.1 Å². The van der Waals surface area contributed by atoms with E-state index < -0.39 is 54.0 Å². The molecule has 1 aromatic carbocycles. The number of carbonyl (C=O) groups excluding carboxylic acids is 4. The van der Waals surface area contributed by atoms with Crippen LogP contribution in [0.15, 0.2) is 29.3 Å². The van der Waals surface area contributed by atoms with Crippen molar-refractivity contribution < 1.29 is 37.1 Å².